The van der Waals surface area contributed by atoms with E-state index in [0.29, 0.717) is 17.8 Å². The first kappa shape index (κ1) is 21.7. The molecule has 0 aliphatic heterocycles. The number of hydrogen-bond donors (Lipinski definition) is 3. The second-order valence-corrected chi connectivity index (χ2v) is 8.31. The molecule has 142 valence electrons. The summed E-state index contributed by atoms with van der Waals surface area (Å²) in [7, 11) is -3.31. The van der Waals surface area contributed by atoms with Gasteiger partial charge >= 0.3 is 0 Å². The Hall–Kier alpha value is -1.31. The molecule has 1 aliphatic rings. The number of amides is 1. The van der Waals surface area contributed by atoms with E-state index < -0.39 is 10.0 Å². The molecule has 2 rings (SSSR count). The summed E-state index contributed by atoms with van der Waals surface area (Å²) in [5.74, 6) is 0.0617. The molecule has 0 heterocycles. The highest BCUT2D eigenvalue weighted by Crippen LogP contribution is 2.25. The average molecular weight is 390 g/mol. The van der Waals surface area contributed by atoms with Gasteiger partial charge in [-0.3, -0.25) is 9.52 Å². The lowest BCUT2D eigenvalue weighted by molar-refractivity contribution is -0.120. The Balaban J connectivity index is 0.00000312. The lowest BCUT2D eigenvalue weighted by Gasteiger charge is -2.25. The van der Waals surface area contributed by atoms with E-state index in [1.165, 1.54) is 0 Å². The van der Waals surface area contributed by atoms with Crippen molar-refractivity contribution in [2.75, 3.05) is 15.8 Å². The molecule has 2 unspecified atom stereocenters. The summed E-state index contributed by atoms with van der Waals surface area (Å²) in [4.78, 5) is 12.3. The van der Waals surface area contributed by atoms with Gasteiger partial charge in [0.25, 0.3) is 0 Å². The Bertz CT molecular complexity index is 650. The normalized spacial score (nSPS) is 20.4. The van der Waals surface area contributed by atoms with Crippen molar-refractivity contribution in [2.24, 2.45) is 11.7 Å². The van der Waals surface area contributed by atoms with Gasteiger partial charge in [0.2, 0.25) is 15.9 Å². The van der Waals surface area contributed by atoms with Crippen LogP contribution in [-0.2, 0) is 14.8 Å². The summed E-state index contributed by atoms with van der Waals surface area (Å²) in [6.45, 7) is 1.95. The summed E-state index contributed by atoms with van der Waals surface area (Å²) in [6, 6.07) is 6.84. The van der Waals surface area contributed by atoms with Crippen LogP contribution in [-0.4, -0.2) is 26.1 Å². The number of carbonyl (C=O) groups is 1. The molecule has 1 aromatic carbocycles. The Morgan fingerprint density at radius 1 is 1.20 bits per heavy atom. The van der Waals surface area contributed by atoms with Crippen molar-refractivity contribution in [1.29, 1.82) is 0 Å². The van der Waals surface area contributed by atoms with Crippen LogP contribution >= 0.6 is 12.4 Å². The molecular formula is C17H28ClN3O3S. The molecule has 8 heteroatoms. The van der Waals surface area contributed by atoms with Crippen LogP contribution in [0.5, 0.6) is 0 Å². The number of nitrogens with two attached hydrogens (primary N) is 1. The quantitative estimate of drug-likeness (QED) is 0.666. The molecule has 0 radical (unpaired) electrons. The first-order valence-corrected chi connectivity index (χ1v) is 10.2. The maximum atomic E-state index is 12.3. The van der Waals surface area contributed by atoms with Gasteiger partial charge in [-0.2, -0.15) is 0 Å². The third kappa shape index (κ3) is 7.22. The van der Waals surface area contributed by atoms with Gasteiger partial charge in [-0.15, -0.1) is 12.4 Å². The second kappa shape index (κ2) is 9.99. The van der Waals surface area contributed by atoms with Gasteiger partial charge in [-0.25, -0.2) is 8.42 Å². The van der Waals surface area contributed by atoms with Crippen LogP contribution in [0.1, 0.15) is 45.4 Å². The lowest BCUT2D eigenvalue weighted by atomic mass is 9.85. The zero-order valence-corrected chi connectivity index (χ0v) is 16.2. The van der Waals surface area contributed by atoms with E-state index in [1.807, 2.05) is 6.92 Å². The predicted octanol–water partition coefficient (Wildman–Crippen LogP) is 3.11. The van der Waals surface area contributed by atoms with Crippen molar-refractivity contribution >= 4 is 39.7 Å². The van der Waals surface area contributed by atoms with E-state index in [4.69, 9.17) is 5.73 Å². The number of halogens is 1. The number of benzene rings is 1. The monoisotopic (exact) mass is 389 g/mol. The fourth-order valence-corrected chi connectivity index (χ4v) is 4.16. The summed E-state index contributed by atoms with van der Waals surface area (Å²) in [5, 5.41) is 2.88. The summed E-state index contributed by atoms with van der Waals surface area (Å²) in [5.41, 5.74) is 7.09. The van der Waals surface area contributed by atoms with Gasteiger partial charge in [0, 0.05) is 23.3 Å². The minimum Gasteiger partial charge on any atom is -0.328 e. The highest BCUT2D eigenvalue weighted by molar-refractivity contribution is 7.92. The zero-order valence-electron chi connectivity index (χ0n) is 14.5. The highest BCUT2D eigenvalue weighted by atomic mass is 35.5. The highest BCUT2D eigenvalue weighted by Gasteiger charge is 2.25. The van der Waals surface area contributed by atoms with Gasteiger partial charge in [0.15, 0.2) is 0 Å². The third-order valence-electron chi connectivity index (χ3n) is 4.28. The van der Waals surface area contributed by atoms with Crippen LogP contribution in [0, 0.1) is 5.92 Å². The predicted molar refractivity (Wildman–Crippen MR) is 105 cm³/mol. The number of anilines is 2. The summed E-state index contributed by atoms with van der Waals surface area (Å²) < 4.78 is 26.3. The van der Waals surface area contributed by atoms with Crippen LogP contribution in [0.25, 0.3) is 0 Å². The molecule has 0 bridgehead atoms. The summed E-state index contributed by atoms with van der Waals surface area (Å²) >= 11 is 0. The molecule has 1 aromatic rings. The topological polar surface area (TPSA) is 101 Å². The molecule has 0 spiro atoms. The van der Waals surface area contributed by atoms with Crippen molar-refractivity contribution in [3.8, 4) is 0 Å². The van der Waals surface area contributed by atoms with Crippen molar-refractivity contribution in [3.05, 3.63) is 24.3 Å². The maximum Gasteiger partial charge on any atom is 0.232 e. The van der Waals surface area contributed by atoms with Crippen LogP contribution in [0.3, 0.4) is 0 Å². The van der Waals surface area contributed by atoms with Crippen molar-refractivity contribution in [1.82, 2.24) is 0 Å². The maximum absolute atomic E-state index is 12.3. The van der Waals surface area contributed by atoms with E-state index in [9.17, 15) is 13.2 Å². The molecule has 6 nitrogen and oxygen atoms in total. The number of unbranched alkanes of at least 4 members (excludes halogenated alkanes) is 1. The van der Waals surface area contributed by atoms with E-state index in [2.05, 4.69) is 10.0 Å². The van der Waals surface area contributed by atoms with Gasteiger partial charge < -0.3 is 11.1 Å². The van der Waals surface area contributed by atoms with Gasteiger partial charge in [0.1, 0.15) is 0 Å². The molecule has 0 aromatic heterocycles. The fraction of sp³-hybridized carbons (Fsp3) is 0.588. The van der Waals surface area contributed by atoms with E-state index >= 15 is 0 Å². The molecule has 25 heavy (non-hydrogen) atoms. The number of rotatable bonds is 7. The second-order valence-electron chi connectivity index (χ2n) is 6.46. The average Bonchev–Trinajstić information content (AvgIpc) is 2.54. The minimum atomic E-state index is -3.31. The molecule has 4 N–H and O–H groups in total. The fourth-order valence-electron chi connectivity index (χ4n) is 2.90. The third-order valence-corrected chi connectivity index (χ3v) is 5.65. The summed E-state index contributed by atoms with van der Waals surface area (Å²) in [6.07, 6.45) is 5.02. The van der Waals surface area contributed by atoms with Gasteiger partial charge in [0.05, 0.1) is 5.75 Å². The Morgan fingerprint density at radius 2 is 1.84 bits per heavy atom. The largest absolute Gasteiger partial charge is 0.328 e. The molecule has 1 aliphatic carbocycles. The van der Waals surface area contributed by atoms with Gasteiger partial charge in [-0.1, -0.05) is 19.8 Å². The Labute approximate surface area is 156 Å². The zero-order chi connectivity index (χ0) is 17.6. The molecule has 1 amide bonds. The first-order valence-electron chi connectivity index (χ1n) is 8.56. The smallest absolute Gasteiger partial charge is 0.232 e. The number of nitrogens with one attached hydrogen (secondary N) is 2. The van der Waals surface area contributed by atoms with Crippen molar-refractivity contribution in [3.63, 3.8) is 0 Å². The Kier molecular flexibility index (Phi) is 8.68. The van der Waals surface area contributed by atoms with E-state index in [-0.39, 0.29) is 36.0 Å². The van der Waals surface area contributed by atoms with Crippen molar-refractivity contribution in [2.45, 2.75) is 51.5 Å². The lowest BCUT2D eigenvalue weighted by Crippen LogP contribution is -2.34. The SMILES string of the molecule is CCCCS(=O)(=O)Nc1ccc(NC(=O)C2CCCC(N)C2)cc1.Cl. The van der Waals surface area contributed by atoms with Crippen LogP contribution in [0.15, 0.2) is 24.3 Å². The number of carbonyl (C=O) groups excluding carboxylic acids is 1. The van der Waals surface area contributed by atoms with E-state index in [0.717, 1.165) is 32.1 Å². The van der Waals surface area contributed by atoms with E-state index in [1.54, 1.807) is 24.3 Å². The Morgan fingerprint density at radius 3 is 2.44 bits per heavy atom. The standard InChI is InChI=1S/C17H27N3O3S.ClH/c1-2-3-11-24(22,23)20-16-9-7-15(8-10-16)19-17(21)13-5-4-6-14(18)12-13;/h7-10,13-14,20H,2-6,11-12,18H2,1H3,(H,19,21);1H. The van der Waals surface area contributed by atoms with Gasteiger partial charge in [-0.05, 0) is 49.9 Å². The number of hydrogen-bond acceptors (Lipinski definition) is 4. The van der Waals surface area contributed by atoms with Crippen molar-refractivity contribution < 1.29 is 13.2 Å². The molecule has 0 saturated heterocycles. The van der Waals surface area contributed by atoms with Crippen LogP contribution in [0.4, 0.5) is 11.4 Å². The number of sulfonamides is 1. The molecule has 1 fully saturated rings. The van der Waals surface area contributed by atoms with Crippen LogP contribution in [0.2, 0.25) is 0 Å². The van der Waals surface area contributed by atoms with Crippen LogP contribution < -0.4 is 15.8 Å². The first-order chi connectivity index (χ1) is 11.4. The molecule has 1 saturated carbocycles. The molecular weight excluding hydrogens is 362 g/mol. The molecule has 2 atom stereocenters. The minimum absolute atomic E-state index is 0.